The number of aromatic nitrogens is 2. The highest BCUT2D eigenvalue weighted by atomic mass is 16.5. The molecule has 0 radical (unpaired) electrons. The number of rotatable bonds is 7. The fraction of sp³-hybridized carbons (Fsp3) is 0.160. The van der Waals surface area contributed by atoms with E-state index < -0.39 is 17.5 Å². The van der Waals surface area contributed by atoms with E-state index in [-0.39, 0.29) is 12.4 Å². The summed E-state index contributed by atoms with van der Waals surface area (Å²) >= 11 is 0. The van der Waals surface area contributed by atoms with Crippen molar-refractivity contribution < 1.29 is 24.2 Å². The van der Waals surface area contributed by atoms with Crippen LogP contribution >= 0.6 is 0 Å². The van der Waals surface area contributed by atoms with Crippen LogP contribution in [-0.4, -0.2) is 33.7 Å². The molecule has 2 aromatic heterocycles. The van der Waals surface area contributed by atoms with Crippen LogP contribution in [0.3, 0.4) is 0 Å². The summed E-state index contributed by atoms with van der Waals surface area (Å²) in [5, 5.41) is 17.3. The number of urea groups is 1. The third-order valence-corrected chi connectivity index (χ3v) is 5.92. The van der Waals surface area contributed by atoms with Gasteiger partial charge in [0.2, 0.25) is 0 Å². The Labute approximate surface area is 194 Å². The summed E-state index contributed by atoms with van der Waals surface area (Å²) in [5.41, 5.74) is 0.128. The Bertz CT molecular complexity index is 1370. The molecule has 34 heavy (non-hydrogen) atoms. The van der Waals surface area contributed by atoms with Crippen LogP contribution in [0.15, 0.2) is 73.2 Å². The normalized spacial score (nSPS) is 17.4. The first-order valence-electron chi connectivity index (χ1n) is 10.6. The molecule has 0 bridgehead atoms. The molecule has 3 heterocycles. The molecule has 0 unspecified atom stereocenters. The molecule has 5 rings (SSSR count). The monoisotopic (exact) mass is 458 g/mol. The van der Waals surface area contributed by atoms with E-state index in [4.69, 9.17) is 9.47 Å². The molecule has 0 spiro atoms. The first-order chi connectivity index (χ1) is 16.5. The lowest BCUT2D eigenvalue weighted by atomic mass is 9.89. The smallest absolute Gasteiger partial charge is 0.322 e. The van der Waals surface area contributed by atoms with Crippen LogP contribution < -0.4 is 20.1 Å². The van der Waals surface area contributed by atoms with Crippen molar-refractivity contribution in [2.24, 2.45) is 0 Å². The molecule has 1 aliphatic rings. The molecule has 0 saturated carbocycles. The van der Waals surface area contributed by atoms with E-state index in [0.717, 1.165) is 10.9 Å². The number of imide groups is 1. The highest BCUT2D eigenvalue weighted by molar-refractivity contribution is 6.07. The number of aromatic hydroxyl groups is 1. The number of methoxy groups -OCH3 is 1. The maximum absolute atomic E-state index is 13.0. The molecule has 3 amide bonds. The Morgan fingerprint density at radius 2 is 1.76 bits per heavy atom. The fourth-order valence-electron chi connectivity index (χ4n) is 4.11. The second kappa shape index (κ2) is 8.43. The van der Waals surface area contributed by atoms with Gasteiger partial charge >= 0.3 is 6.03 Å². The van der Waals surface area contributed by atoms with Gasteiger partial charge in [0.15, 0.2) is 11.4 Å². The number of hydrogen-bond donors (Lipinski definition) is 3. The van der Waals surface area contributed by atoms with Gasteiger partial charge in [0, 0.05) is 29.4 Å². The second-order valence-electron chi connectivity index (χ2n) is 8.02. The van der Waals surface area contributed by atoms with E-state index >= 15 is 0 Å². The molecule has 0 aliphatic carbocycles. The molecule has 4 aromatic rings. The van der Waals surface area contributed by atoms with Gasteiger partial charge in [0.05, 0.1) is 13.7 Å². The van der Waals surface area contributed by atoms with Crippen LogP contribution in [0.5, 0.6) is 17.4 Å². The summed E-state index contributed by atoms with van der Waals surface area (Å²) in [6.07, 6.45) is 5.13. The van der Waals surface area contributed by atoms with Gasteiger partial charge in [-0.15, -0.1) is 0 Å². The highest BCUT2D eigenvalue weighted by Crippen LogP contribution is 2.35. The number of carbonyl (C=O) groups is 2. The number of amides is 3. The average molecular weight is 458 g/mol. The van der Waals surface area contributed by atoms with Crippen molar-refractivity contribution in [1.29, 1.82) is 0 Å². The maximum Gasteiger partial charge on any atom is 0.322 e. The predicted octanol–water partition coefficient (Wildman–Crippen LogP) is 3.06. The van der Waals surface area contributed by atoms with Gasteiger partial charge in [-0.1, -0.05) is 12.1 Å². The van der Waals surface area contributed by atoms with Gasteiger partial charge in [-0.05, 0) is 53.6 Å². The van der Waals surface area contributed by atoms with E-state index in [0.29, 0.717) is 29.1 Å². The van der Waals surface area contributed by atoms with Crippen molar-refractivity contribution in [2.45, 2.75) is 18.7 Å². The number of benzene rings is 2. The Balaban J connectivity index is 1.45. The first-order valence-corrected chi connectivity index (χ1v) is 10.6. The number of ether oxygens (including phenoxy) is 2. The molecule has 1 saturated heterocycles. The minimum Gasteiger partial charge on any atom is -0.497 e. The van der Waals surface area contributed by atoms with Crippen molar-refractivity contribution in [3.8, 4) is 17.4 Å². The number of pyridine rings is 1. The SMILES string of the molecule is COc1ccc2cn(C[C@@]3(c4ccc(OCc5ccncc5)cc4)NC(=O)NC3=O)c(O)c2c1. The van der Waals surface area contributed by atoms with Gasteiger partial charge in [0.25, 0.3) is 5.91 Å². The van der Waals surface area contributed by atoms with Crippen molar-refractivity contribution in [2.75, 3.05) is 7.11 Å². The number of nitrogens with zero attached hydrogens (tertiary/aromatic N) is 2. The summed E-state index contributed by atoms with van der Waals surface area (Å²) < 4.78 is 12.6. The summed E-state index contributed by atoms with van der Waals surface area (Å²) in [4.78, 5) is 29.1. The topological polar surface area (TPSA) is 115 Å². The molecule has 9 heteroatoms. The molecule has 9 nitrogen and oxygen atoms in total. The van der Waals surface area contributed by atoms with Crippen LogP contribution in [-0.2, 0) is 23.5 Å². The van der Waals surface area contributed by atoms with Gasteiger partial charge < -0.3 is 24.5 Å². The summed E-state index contributed by atoms with van der Waals surface area (Å²) in [6.45, 7) is 0.363. The standard InChI is InChI=1S/C25H22N4O5/c1-33-20-5-2-17-13-29(22(30)21(17)12-20)15-25(23(31)27-24(32)28-25)18-3-6-19(7-4-18)34-14-16-8-10-26-11-9-16/h2-13,30H,14-15H2,1H3,(H2,27,28,31,32)/t25-/m0/s1. The Hall–Kier alpha value is -4.53. The second-order valence-corrected chi connectivity index (χ2v) is 8.02. The Morgan fingerprint density at radius 3 is 2.44 bits per heavy atom. The largest absolute Gasteiger partial charge is 0.497 e. The average Bonchev–Trinajstić information content (AvgIpc) is 3.33. The molecule has 3 N–H and O–H groups in total. The fourth-order valence-corrected chi connectivity index (χ4v) is 4.11. The summed E-state index contributed by atoms with van der Waals surface area (Å²) in [6, 6.07) is 15.4. The van der Waals surface area contributed by atoms with Gasteiger partial charge in [-0.2, -0.15) is 0 Å². The third kappa shape index (κ3) is 3.77. The zero-order chi connectivity index (χ0) is 23.7. The number of nitrogens with one attached hydrogen (secondary N) is 2. The van der Waals surface area contributed by atoms with E-state index in [1.807, 2.05) is 18.2 Å². The maximum atomic E-state index is 13.0. The molecular formula is C25H22N4O5. The van der Waals surface area contributed by atoms with Gasteiger partial charge in [-0.3, -0.25) is 15.1 Å². The zero-order valence-electron chi connectivity index (χ0n) is 18.3. The lowest BCUT2D eigenvalue weighted by molar-refractivity contribution is -0.124. The quantitative estimate of drug-likeness (QED) is 0.367. The molecule has 1 fully saturated rings. The lowest BCUT2D eigenvalue weighted by Gasteiger charge is -2.27. The van der Waals surface area contributed by atoms with Gasteiger partial charge in [-0.25, -0.2) is 4.79 Å². The minimum absolute atomic E-state index is 0.00930. The highest BCUT2D eigenvalue weighted by Gasteiger charge is 2.48. The van der Waals surface area contributed by atoms with Gasteiger partial charge in [0.1, 0.15) is 18.1 Å². The van der Waals surface area contributed by atoms with E-state index in [9.17, 15) is 14.7 Å². The summed E-state index contributed by atoms with van der Waals surface area (Å²) in [7, 11) is 1.55. The van der Waals surface area contributed by atoms with Crippen molar-refractivity contribution in [3.05, 3.63) is 84.3 Å². The number of hydrogen-bond acceptors (Lipinski definition) is 6. The zero-order valence-corrected chi connectivity index (χ0v) is 18.3. The molecule has 2 aromatic carbocycles. The minimum atomic E-state index is -1.41. The van der Waals surface area contributed by atoms with Crippen molar-refractivity contribution in [3.63, 3.8) is 0 Å². The van der Waals surface area contributed by atoms with Crippen LogP contribution in [0.25, 0.3) is 10.8 Å². The van der Waals surface area contributed by atoms with Crippen LogP contribution in [0, 0.1) is 0 Å². The number of fused-ring (bicyclic) bond motifs is 1. The van der Waals surface area contributed by atoms with Crippen molar-refractivity contribution >= 4 is 22.7 Å². The molecule has 1 aliphatic heterocycles. The number of carbonyl (C=O) groups excluding carboxylic acids is 2. The van der Waals surface area contributed by atoms with E-state index in [1.165, 1.54) is 0 Å². The van der Waals surface area contributed by atoms with Crippen LogP contribution in [0.2, 0.25) is 0 Å². The first kappa shape index (κ1) is 21.3. The van der Waals surface area contributed by atoms with E-state index in [2.05, 4.69) is 15.6 Å². The molecular weight excluding hydrogens is 436 g/mol. The summed E-state index contributed by atoms with van der Waals surface area (Å²) in [5.74, 6) is 0.684. The predicted molar refractivity (Wildman–Crippen MR) is 124 cm³/mol. The Morgan fingerprint density at radius 1 is 1.03 bits per heavy atom. The van der Waals surface area contributed by atoms with Crippen molar-refractivity contribution in [1.82, 2.24) is 20.2 Å². The van der Waals surface area contributed by atoms with Crippen LogP contribution in [0.4, 0.5) is 4.79 Å². The molecule has 172 valence electrons. The lowest BCUT2D eigenvalue weighted by Crippen LogP contribution is -2.47. The van der Waals surface area contributed by atoms with E-state index in [1.54, 1.807) is 66.7 Å². The molecule has 1 atom stereocenters. The third-order valence-electron chi connectivity index (χ3n) is 5.92. The Kier molecular flexibility index (Phi) is 5.29. The van der Waals surface area contributed by atoms with Crippen LogP contribution in [0.1, 0.15) is 11.1 Å².